The van der Waals surface area contributed by atoms with E-state index in [4.69, 9.17) is 0 Å². The minimum absolute atomic E-state index is 0.0311. The van der Waals surface area contributed by atoms with E-state index in [0.717, 1.165) is 19.3 Å². The van der Waals surface area contributed by atoms with Gasteiger partial charge in [0.05, 0.1) is 34.1 Å². The van der Waals surface area contributed by atoms with Crippen molar-refractivity contribution in [2.45, 2.75) is 45.4 Å². The van der Waals surface area contributed by atoms with Crippen LogP contribution in [0.4, 0.5) is 34.1 Å². The lowest BCUT2D eigenvalue weighted by Crippen LogP contribution is -2.24. The molecule has 0 atom stereocenters. The van der Waals surface area contributed by atoms with E-state index in [-0.39, 0.29) is 5.41 Å². The molecule has 1 aliphatic rings. The number of rotatable bonds is 7. The van der Waals surface area contributed by atoms with Crippen molar-refractivity contribution >= 4 is 110 Å². The second-order valence-corrected chi connectivity index (χ2v) is 18.8. The van der Waals surface area contributed by atoms with Gasteiger partial charge in [-0.15, -0.1) is 0 Å². The molecule has 0 saturated heterocycles. The third-order valence-electron chi connectivity index (χ3n) is 14.8. The first-order chi connectivity index (χ1) is 32.0. The average Bonchev–Trinajstić information content (AvgIpc) is 3.35. The van der Waals surface area contributed by atoms with Gasteiger partial charge < -0.3 is 9.80 Å². The van der Waals surface area contributed by atoms with Crippen molar-refractivity contribution in [1.82, 2.24) is 0 Å². The van der Waals surface area contributed by atoms with E-state index in [1.807, 2.05) is 0 Å². The van der Waals surface area contributed by atoms with Crippen LogP contribution in [0.5, 0.6) is 0 Å². The minimum atomic E-state index is -0.0311. The topological polar surface area (TPSA) is 6.48 Å². The van der Waals surface area contributed by atoms with Crippen molar-refractivity contribution in [2.24, 2.45) is 0 Å². The number of anilines is 6. The van der Waals surface area contributed by atoms with Gasteiger partial charge in [0.2, 0.25) is 0 Å². The fraction of sp³-hybridized carbons (Fsp3) is 0.111. The predicted octanol–water partition coefficient (Wildman–Crippen LogP) is 17.9. The Balaban J connectivity index is 1.21. The SMILES string of the molecule is CCc1cc(N(c2cccc3ccccc23)c2cccc3ccccc23)c2cc3c4c(cc(N(c5cccc6ccccc56)c5cccc6ccccc56)c5ccc1c2c54)CCC3(C)C. The van der Waals surface area contributed by atoms with Gasteiger partial charge in [-0.2, -0.15) is 0 Å². The van der Waals surface area contributed by atoms with Gasteiger partial charge in [0, 0.05) is 37.7 Å². The molecular formula is C63H48N2. The van der Waals surface area contributed by atoms with E-state index in [0.29, 0.717) is 0 Å². The van der Waals surface area contributed by atoms with Crippen LogP contribution in [0.1, 0.15) is 43.9 Å². The standard InChI is InChI=1S/C63H48N2/c1-4-40-37-59(65(56-31-15-23-43-19-7-11-27-48(43)56)57-32-16-24-44-20-8-12-28-49(44)57)52-39-53-60-45(35-36-63(53,2)3)38-58(51-34-33-50(40)61(52)62(51)60)64(54-29-13-21-41-17-5-9-25-46(41)54)55-30-14-22-42-18-6-10-26-47(42)55/h5-34,37-39H,4,35-36H2,1-3H3. The number of aryl methyl sites for hydroxylation is 2. The maximum absolute atomic E-state index is 2.61. The van der Waals surface area contributed by atoms with Gasteiger partial charge in [-0.05, 0) is 122 Å². The van der Waals surface area contributed by atoms with Crippen molar-refractivity contribution in [3.05, 3.63) is 217 Å². The fourth-order valence-corrected chi connectivity index (χ4v) is 11.6. The van der Waals surface area contributed by atoms with Crippen molar-refractivity contribution in [3.8, 4) is 0 Å². The van der Waals surface area contributed by atoms with E-state index in [1.54, 1.807) is 0 Å². The first kappa shape index (κ1) is 37.8. The van der Waals surface area contributed by atoms with Gasteiger partial charge in [-0.3, -0.25) is 0 Å². The molecule has 0 saturated carbocycles. The average molecular weight is 833 g/mol. The van der Waals surface area contributed by atoms with E-state index >= 15 is 0 Å². The maximum atomic E-state index is 2.61. The molecule has 0 radical (unpaired) electrons. The third kappa shape index (κ3) is 5.66. The van der Waals surface area contributed by atoms with Gasteiger partial charge in [0.1, 0.15) is 0 Å². The van der Waals surface area contributed by atoms with Gasteiger partial charge in [0.15, 0.2) is 0 Å². The summed E-state index contributed by atoms with van der Waals surface area (Å²) < 4.78 is 0. The van der Waals surface area contributed by atoms with Crippen LogP contribution < -0.4 is 9.80 Å². The molecule has 0 aromatic heterocycles. The number of fused-ring (bicyclic) bond motifs is 4. The van der Waals surface area contributed by atoms with Crippen LogP contribution in [0.25, 0.3) is 75.4 Å². The molecule has 0 aliphatic heterocycles. The minimum Gasteiger partial charge on any atom is -0.309 e. The monoisotopic (exact) mass is 832 g/mol. The van der Waals surface area contributed by atoms with Gasteiger partial charge >= 0.3 is 0 Å². The Morgan fingerprint density at radius 2 is 0.785 bits per heavy atom. The molecule has 12 aromatic carbocycles. The summed E-state index contributed by atoms with van der Waals surface area (Å²) in [6.45, 7) is 7.27. The highest BCUT2D eigenvalue weighted by atomic mass is 15.2. The molecule has 0 spiro atoms. The normalized spacial score (nSPS) is 13.5. The third-order valence-corrected chi connectivity index (χ3v) is 14.8. The first-order valence-corrected chi connectivity index (χ1v) is 23.3. The van der Waals surface area contributed by atoms with E-state index in [9.17, 15) is 0 Å². The smallest absolute Gasteiger partial charge is 0.0544 e. The van der Waals surface area contributed by atoms with Crippen LogP contribution in [0.15, 0.2) is 200 Å². The molecular weight excluding hydrogens is 785 g/mol. The molecule has 0 N–H and O–H groups in total. The molecule has 2 nitrogen and oxygen atoms in total. The van der Waals surface area contributed by atoms with Crippen LogP contribution in [-0.2, 0) is 18.3 Å². The maximum Gasteiger partial charge on any atom is 0.0544 e. The predicted molar refractivity (Wildman–Crippen MR) is 280 cm³/mol. The zero-order valence-corrected chi connectivity index (χ0v) is 37.1. The van der Waals surface area contributed by atoms with Gasteiger partial charge in [-0.1, -0.05) is 178 Å². The number of nitrogens with zero attached hydrogens (tertiary/aromatic N) is 2. The summed E-state index contributed by atoms with van der Waals surface area (Å²) in [5.41, 5.74) is 11.4. The summed E-state index contributed by atoms with van der Waals surface area (Å²) in [5.74, 6) is 0. The second-order valence-electron chi connectivity index (χ2n) is 18.8. The quantitative estimate of drug-likeness (QED) is 0.148. The molecule has 310 valence electrons. The van der Waals surface area contributed by atoms with Crippen molar-refractivity contribution in [2.75, 3.05) is 9.80 Å². The molecule has 0 heterocycles. The number of benzene rings is 12. The molecule has 1 aliphatic carbocycles. The lowest BCUT2D eigenvalue weighted by molar-refractivity contribution is 0.475. The van der Waals surface area contributed by atoms with Crippen molar-refractivity contribution in [1.29, 1.82) is 0 Å². The summed E-state index contributed by atoms with van der Waals surface area (Å²) in [4.78, 5) is 5.19. The van der Waals surface area contributed by atoms with E-state index < -0.39 is 0 Å². The molecule has 65 heavy (non-hydrogen) atoms. The highest BCUT2D eigenvalue weighted by Crippen LogP contribution is 2.55. The molecule has 0 amide bonds. The Morgan fingerprint density at radius 1 is 0.369 bits per heavy atom. The Morgan fingerprint density at radius 3 is 1.25 bits per heavy atom. The lowest BCUT2D eigenvalue weighted by Gasteiger charge is -2.37. The lowest BCUT2D eigenvalue weighted by atomic mass is 9.70. The summed E-state index contributed by atoms with van der Waals surface area (Å²) in [7, 11) is 0. The van der Waals surface area contributed by atoms with Crippen LogP contribution in [0.2, 0.25) is 0 Å². The van der Waals surface area contributed by atoms with Crippen molar-refractivity contribution < 1.29 is 0 Å². The van der Waals surface area contributed by atoms with Crippen LogP contribution in [-0.4, -0.2) is 0 Å². The van der Waals surface area contributed by atoms with Crippen LogP contribution in [0.3, 0.4) is 0 Å². The Kier molecular flexibility index (Phi) is 8.40. The highest BCUT2D eigenvalue weighted by molar-refractivity contribution is 6.31. The van der Waals surface area contributed by atoms with Gasteiger partial charge in [0.25, 0.3) is 0 Å². The number of hydrogen-bond acceptors (Lipinski definition) is 2. The molecule has 13 rings (SSSR count). The molecule has 12 aromatic rings. The zero-order chi connectivity index (χ0) is 43.4. The van der Waals surface area contributed by atoms with E-state index in [1.165, 1.54) is 126 Å². The molecule has 0 unspecified atom stereocenters. The molecule has 2 heteroatoms. The summed E-state index contributed by atoms with van der Waals surface area (Å²) in [6, 6.07) is 75.3. The Hall–Kier alpha value is -7.68. The van der Waals surface area contributed by atoms with Gasteiger partial charge in [-0.25, -0.2) is 0 Å². The van der Waals surface area contributed by atoms with E-state index in [2.05, 4.69) is 231 Å². The number of hydrogen-bond donors (Lipinski definition) is 0. The zero-order valence-electron chi connectivity index (χ0n) is 37.1. The van der Waals surface area contributed by atoms with Crippen LogP contribution in [0, 0.1) is 0 Å². The largest absolute Gasteiger partial charge is 0.309 e. The molecule has 0 bridgehead atoms. The van der Waals surface area contributed by atoms with Crippen molar-refractivity contribution in [3.63, 3.8) is 0 Å². The summed E-state index contributed by atoms with van der Waals surface area (Å²) >= 11 is 0. The summed E-state index contributed by atoms with van der Waals surface area (Å²) in [5, 5.41) is 18.0. The van der Waals surface area contributed by atoms with Crippen LogP contribution >= 0.6 is 0 Å². The fourth-order valence-electron chi connectivity index (χ4n) is 11.6. The second kappa shape index (κ2) is 14.4. The highest BCUT2D eigenvalue weighted by Gasteiger charge is 2.34. The first-order valence-electron chi connectivity index (χ1n) is 23.3. The Labute approximate surface area is 379 Å². The Bertz CT molecular complexity index is 3700. The molecule has 0 fully saturated rings. The summed E-state index contributed by atoms with van der Waals surface area (Å²) in [6.07, 6.45) is 3.01.